The molecule has 2 rings (SSSR count). The van der Waals surface area contributed by atoms with Gasteiger partial charge in [0.2, 0.25) is 0 Å². The van der Waals surface area contributed by atoms with Crippen molar-refractivity contribution in [3.05, 3.63) is 17.5 Å². The Balaban J connectivity index is 2.82. The summed E-state index contributed by atoms with van der Waals surface area (Å²) in [6.45, 7) is 0. The summed E-state index contributed by atoms with van der Waals surface area (Å²) >= 11 is 3.30. The third-order valence-corrected chi connectivity index (χ3v) is 3.80. The van der Waals surface area contributed by atoms with E-state index in [1.165, 1.54) is 4.70 Å². The van der Waals surface area contributed by atoms with Crippen LogP contribution in [0.15, 0.2) is 22.4 Å². The van der Waals surface area contributed by atoms with Crippen molar-refractivity contribution in [3.63, 3.8) is 0 Å². The molecule has 0 spiro atoms. The van der Waals surface area contributed by atoms with E-state index in [0.717, 1.165) is 21.7 Å². The van der Waals surface area contributed by atoms with Crippen molar-refractivity contribution in [3.8, 4) is 5.75 Å². The standard InChI is InChI=1S/C10H11NOS2/c1-12-9-6-3-4-14-8(6)5-7(11)10(9)13-2/h3-5H,11H2,1-2H3. The average Bonchev–Trinajstić information content (AvgIpc) is 2.62. The Morgan fingerprint density at radius 1 is 1.50 bits per heavy atom. The van der Waals surface area contributed by atoms with Gasteiger partial charge < -0.3 is 10.5 Å². The molecule has 4 heteroatoms. The molecule has 1 aromatic carbocycles. The Labute approximate surface area is 91.1 Å². The smallest absolute Gasteiger partial charge is 0.143 e. The minimum absolute atomic E-state index is 0.796. The maximum atomic E-state index is 5.94. The Morgan fingerprint density at radius 3 is 2.93 bits per heavy atom. The fourth-order valence-corrected chi connectivity index (χ4v) is 3.00. The summed E-state index contributed by atoms with van der Waals surface area (Å²) in [6, 6.07) is 4.08. The van der Waals surface area contributed by atoms with Gasteiger partial charge in [-0.25, -0.2) is 0 Å². The molecule has 0 aliphatic heterocycles. The van der Waals surface area contributed by atoms with Gasteiger partial charge in [-0.2, -0.15) is 0 Å². The van der Waals surface area contributed by atoms with Gasteiger partial charge in [-0.3, -0.25) is 0 Å². The van der Waals surface area contributed by atoms with Gasteiger partial charge in [0.25, 0.3) is 0 Å². The minimum Gasteiger partial charge on any atom is -0.495 e. The third-order valence-electron chi connectivity index (χ3n) is 2.10. The molecule has 2 N–H and O–H groups in total. The first-order chi connectivity index (χ1) is 6.77. The quantitative estimate of drug-likeness (QED) is 0.629. The van der Waals surface area contributed by atoms with Crippen molar-refractivity contribution in [1.82, 2.24) is 0 Å². The molecule has 1 heterocycles. The van der Waals surface area contributed by atoms with Crippen molar-refractivity contribution in [2.75, 3.05) is 19.1 Å². The van der Waals surface area contributed by atoms with Crippen molar-refractivity contribution in [1.29, 1.82) is 0 Å². The zero-order valence-electron chi connectivity index (χ0n) is 8.03. The maximum absolute atomic E-state index is 5.94. The lowest BCUT2D eigenvalue weighted by Crippen LogP contribution is -1.93. The highest BCUT2D eigenvalue weighted by Crippen LogP contribution is 2.41. The first kappa shape index (κ1) is 9.68. The summed E-state index contributed by atoms with van der Waals surface area (Å²) in [6.07, 6.45) is 2.01. The van der Waals surface area contributed by atoms with Gasteiger partial charge in [-0.05, 0) is 23.8 Å². The molecule has 2 nitrogen and oxygen atoms in total. The molecule has 1 aromatic heterocycles. The zero-order valence-corrected chi connectivity index (χ0v) is 9.67. The Bertz CT molecular complexity index is 464. The predicted octanol–water partition coefficient (Wildman–Crippen LogP) is 3.21. The van der Waals surface area contributed by atoms with Crippen molar-refractivity contribution in [2.24, 2.45) is 0 Å². The van der Waals surface area contributed by atoms with Crippen LogP contribution in [0.4, 0.5) is 5.69 Å². The zero-order chi connectivity index (χ0) is 10.1. The van der Waals surface area contributed by atoms with E-state index in [1.54, 1.807) is 30.2 Å². The molecule has 0 saturated carbocycles. The molecule has 0 amide bonds. The summed E-state index contributed by atoms with van der Waals surface area (Å²) < 4.78 is 6.57. The van der Waals surface area contributed by atoms with Crippen LogP contribution < -0.4 is 10.5 Å². The predicted molar refractivity (Wildman–Crippen MR) is 64.6 cm³/mol. The van der Waals surface area contributed by atoms with E-state index in [1.807, 2.05) is 12.3 Å². The first-order valence-electron chi connectivity index (χ1n) is 4.15. The fourth-order valence-electron chi connectivity index (χ4n) is 1.49. The number of hydrogen-bond acceptors (Lipinski definition) is 4. The van der Waals surface area contributed by atoms with Gasteiger partial charge in [-0.15, -0.1) is 23.1 Å². The molecule has 74 valence electrons. The molecule has 0 aliphatic carbocycles. The van der Waals surface area contributed by atoms with Gasteiger partial charge >= 0.3 is 0 Å². The van der Waals surface area contributed by atoms with Crippen LogP contribution in [0.1, 0.15) is 0 Å². The number of rotatable bonds is 2. The Kier molecular flexibility index (Phi) is 2.56. The van der Waals surface area contributed by atoms with Crippen LogP contribution in [0, 0.1) is 0 Å². The number of fused-ring (bicyclic) bond motifs is 1. The normalized spacial score (nSPS) is 10.7. The lowest BCUT2D eigenvalue weighted by Gasteiger charge is -2.10. The van der Waals surface area contributed by atoms with E-state index in [9.17, 15) is 0 Å². The second kappa shape index (κ2) is 3.71. The highest BCUT2D eigenvalue weighted by atomic mass is 32.2. The number of benzene rings is 1. The van der Waals surface area contributed by atoms with Gasteiger partial charge in [0.1, 0.15) is 5.75 Å². The van der Waals surface area contributed by atoms with Crippen LogP contribution in [0.3, 0.4) is 0 Å². The topological polar surface area (TPSA) is 35.2 Å². The average molecular weight is 225 g/mol. The fraction of sp³-hybridized carbons (Fsp3) is 0.200. The lowest BCUT2D eigenvalue weighted by atomic mass is 10.2. The molecular formula is C10H11NOS2. The number of nitrogen functional groups attached to an aromatic ring is 1. The summed E-state index contributed by atoms with van der Waals surface area (Å²) in [5, 5.41) is 3.20. The van der Waals surface area contributed by atoms with Gasteiger partial charge in [0.15, 0.2) is 0 Å². The van der Waals surface area contributed by atoms with Gasteiger partial charge in [0, 0.05) is 10.1 Å². The van der Waals surface area contributed by atoms with Crippen LogP contribution in [-0.2, 0) is 0 Å². The maximum Gasteiger partial charge on any atom is 0.143 e. The second-order valence-electron chi connectivity index (χ2n) is 2.86. The largest absolute Gasteiger partial charge is 0.495 e. The van der Waals surface area contributed by atoms with Crippen LogP contribution in [0.5, 0.6) is 5.75 Å². The summed E-state index contributed by atoms with van der Waals surface area (Å²) in [5.41, 5.74) is 6.73. The molecule has 0 fully saturated rings. The number of thioether (sulfide) groups is 1. The van der Waals surface area contributed by atoms with Crippen molar-refractivity contribution >= 4 is 38.9 Å². The molecule has 14 heavy (non-hydrogen) atoms. The Morgan fingerprint density at radius 2 is 2.29 bits per heavy atom. The number of hydrogen-bond donors (Lipinski definition) is 1. The van der Waals surface area contributed by atoms with Gasteiger partial charge in [0.05, 0.1) is 17.7 Å². The second-order valence-corrected chi connectivity index (χ2v) is 4.63. The monoisotopic (exact) mass is 225 g/mol. The molecule has 0 aliphatic rings. The van der Waals surface area contributed by atoms with Crippen LogP contribution in [0.25, 0.3) is 10.1 Å². The molecule has 0 atom stereocenters. The molecular weight excluding hydrogens is 214 g/mol. The number of thiophene rings is 1. The number of ether oxygens (including phenoxy) is 1. The first-order valence-corrected chi connectivity index (χ1v) is 6.26. The third kappa shape index (κ3) is 1.35. The summed E-state index contributed by atoms with van der Waals surface area (Å²) in [4.78, 5) is 1.03. The van der Waals surface area contributed by atoms with E-state index in [0.29, 0.717) is 0 Å². The van der Waals surface area contributed by atoms with Crippen LogP contribution >= 0.6 is 23.1 Å². The van der Waals surface area contributed by atoms with Gasteiger partial charge in [-0.1, -0.05) is 0 Å². The van der Waals surface area contributed by atoms with Crippen molar-refractivity contribution < 1.29 is 4.74 Å². The Hall–Kier alpha value is -0.870. The molecule has 2 aromatic rings. The number of methoxy groups -OCH3 is 1. The summed E-state index contributed by atoms with van der Waals surface area (Å²) in [5.74, 6) is 0.897. The van der Waals surface area contributed by atoms with E-state index in [-0.39, 0.29) is 0 Å². The summed E-state index contributed by atoms with van der Waals surface area (Å²) in [7, 11) is 1.69. The van der Waals surface area contributed by atoms with E-state index in [2.05, 4.69) is 11.4 Å². The van der Waals surface area contributed by atoms with Crippen molar-refractivity contribution in [2.45, 2.75) is 4.90 Å². The molecule has 0 bridgehead atoms. The molecule has 0 radical (unpaired) electrons. The minimum atomic E-state index is 0.796. The van der Waals surface area contributed by atoms with Crippen LogP contribution in [-0.4, -0.2) is 13.4 Å². The highest BCUT2D eigenvalue weighted by molar-refractivity contribution is 7.98. The number of anilines is 1. The highest BCUT2D eigenvalue weighted by Gasteiger charge is 2.11. The van der Waals surface area contributed by atoms with Crippen LogP contribution in [0.2, 0.25) is 0 Å². The van der Waals surface area contributed by atoms with E-state index < -0.39 is 0 Å². The molecule has 0 unspecified atom stereocenters. The molecule has 0 saturated heterocycles. The van der Waals surface area contributed by atoms with E-state index in [4.69, 9.17) is 10.5 Å². The lowest BCUT2D eigenvalue weighted by molar-refractivity contribution is 0.411. The van der Waals surface area contributed by atoms with E-state index >= 15 is 0 Å². The number of nitrogens with two attached hydrogens (primary N) is 1. The SMILES string of the molecule is COc1c(SC)c(N)cc2sccc12.